The van der Waals surface area contributed by atoms with Crippen LogP contribution in [-0.2, 0) is 20.9 Å². The molecule has 8 heteroatoms. The van der Waals surface area contributed by atoms with E-state index in [4.69, 9.17) is 4.52 Å². The van der Waals surface area contributed by atoms with Gasteiger partial charge < -0.3 is 9.84 Å². The molecule has 0 spiro atoms. The summed E-state index contributed by atoms with van der Waals surface area (Å²) in [5, 5.41) is 8.43. The largest absolute Gasteiger partial charge is 0.355 e. The summed E-state index contributed by atoms with van der Waals surface area (Å²) in [6.45, 7) is -0.0583. The third-order valence-corrected chi connectivity index (χ3v) is 4.13. The van der Waals surface area contributed by atoms with E-state index in [0.717, 1.165) is 9.78 Å². The summed E-state index contributed by atoms with van der Waals surface area (Å²) < 4.78 is 5.20. The zero-order valence-corrected chi connectivity index (χ0v) is 12.4. The fourth-order valence-corrected chi connectivity index (χ4v) is 2.79. The van der Waals surface area contributed by atoms with E-state index in [2.05, 4.69) is 10.5 Å². The van der Waals surface area contributed by atoms with Crippen molar-refractivity contribution in [3.63, 3.8) is 0 Å². The molecular weight excluding hydrogens is 306 g/mol. The van der Waals surface area contributed by atoms with Crippen LogP contribution in [0.3, 0.4) is 0 Å². The van der Waals surface area contributed by atoms with E-state index in [9.17, 15) is 14.4 Å². The van der Waals surface area contributed by atoms with Crippen LogP contribution in [0, 0.1) is 0 Å². The molecule has 1 saturated heterocycles. The summed E-state index contributed by atoms with van der Waals surface area (Å²) in [5.74, 6) is -0.364. The molecule has 22 heavy (non-hydrogen) atoms. The van der Waals surface area contributed by atoms with Crippen molar-refractivity contribution >= 4 is 29.1 Å². The van der Waals surface area contributed by atoms with Gasteiger partial charge in [-0.25, -0.2) is 0 Å². The SMILES string of the molecule is O=C(CN1C(=O)CCC1=O)NCc1cc(-c2cccs2)on1. The molecule has 1 fully saturated rings. The van der Waals surface area contributed by atoms with Gasteiger partial charge in [0.2, 0.25) is 17.7 Å². The summed E-state index contributed by atoms with van der Waals surface area (Å²) in [6.07, 6.45) is 0.360. The van der Waals surface area contributed by atoms with Crippen LogP contribution >= 0.6 is 11.3 Å². The molecule has 1 aliphatic rings. The van der Waals surface area contributed by atoms with Crippen LogP contribution in [0.4, 0.5) is 0 Å². The number of imide groups is 1. The average Bonchev–Trinajstić information content (AvgIpc) is 3.22. The van der Waals surface area contributed by atoms with E-state index in [-0.39, 0.29) is 37.7 Å². The fraction of sp³-hybridized carbons (Fsp3) is 0.286. The Morgan fingerprint density at radius 2 is 2.14 bits per heavy atom. The topological polar surface area (TPSA) is 92.5 Å². The number of hydrogen-bond donors (Lipinski definition) is 1. The Hall–Kier alpha value is -2.48. The number of thiophene rings is 1. The number of aromatic nitrogens is 1. The molecular formula is C14H13N3O4S. The number of hydrogen-bond acceptors (Lipinski definition) is 6. The van der Waals surface area contributed by atoms with E-state index in [1.54, 1.807) is 6.07 Å². The Morgan fingerprint density at radius 1 is 1.36 bits per heavy atom. The van der Waals surface area contributed by atoms with Crippen LogP contribution in [0.2, 0.25) is 0 Å². The minimum absolute atomic E-state index is 0.180. The minimum atomic E-state index is -0.399. The van der Waals surface area contributed by atoms with Gasteiger partial charge in [0, 0.05) is 18.9 Å². The summed E-state index contributed by atoms with van der Waals surface area (Å²) in [7, 11) is 0. The Balaban J connectivity index is 1.53. The molecule has 0 atom stereocenters. The number of rotatable bonds is 5. The first-order chi connectivity index (χ1) is 10.6. The van der Waals surface area contributed by atoms with Crippen molar-refractivity contribution in [1.82, 2.24) is 15.4 Å². The Labute approximate surface area is 129 Å². The van der Waals surface area contributed by atoms with E-state index in [1.807, 2.05) is 17.5 Å². The van der Waals surface area contributed by atoms with Crippen LogP contribution in [0.25, 0.3) is 10.6 Å². The number of amides is 3. The summed E-state index contributed by atoms with van der Waals surface area (Å²) in [5.41, 5.74) is 0.579. The second-order valence-corrected chi connectivity index (χ2v) is 5.76. The zero-order valence-electron chi connectivity index (χ0n) is 11.6. The second-order valence-electron chi connectivity index (χ2n) is 4.81. The lowest BCUT2D eigenvalue weighted by atomic mass is 10.3. The van der Waals surface area contributed by atoms with Gasteiger partial charge in [-0.05, 0) is 11.4 Å². The molecule has 0 radical (unpaired) electrons. The molecule has 7 nitrogen and oxygen atoms in total. The van der Waals surface area contributed by atoms with Crippen LogP contribution in [-0.4, -0.2) is 34.3 Å². The predicted molar refractivity (Wildman–Crippen MR) is 77.6 cm³/mol. The normalized spacial score (nSPS) is 14.6. The molecule has 2 aromatic rings. The monoisotopic (exact) mass is 319 g/mol. The van der Waals surface area contributed by atoms with E-state index in [0.29, 0.717) is 11.5 Å². The molecule has 2 aromatic heterocycles. The highest BCUT2D eigenvalue weighted by atomic mass is 32.1. The summed E-state index contributed by atoms with van der Waals surface area (Å²) >= 11 is 1.53. The van der Waals surface area contributed by atoms with E-state index < -0.39 is 5.91 Å². The van der Waals surface area contributed by atoms with Gasteiger partial charge in [0.05, 0.1) is 11.4 Å². The van der Waals surface area contributed by atoms with E-state index >= 15 is 0 Å². The summed E-state index contributed by atoms with van der Waals surface area (Å²) in [6, 6.07) is 5.57. The maximum atomic E-state index is 11.8. The summed E-state index contributed by atoms with van der Waals surface area (Å²) in [4.78, 5) is 36.6. The van der Waals surface area contributed by atoms with Crippen molar-refractivity contribution in [3.05, 3.63) is 29.3 Å². The number of carbonyl (C=O) groups excluding carboxylic acids is 3. The van der Waals surface area contributed by atoms with Crippen LogP contribution in [0.15, 0.2) is 28.1 Å². The van der Waals surface area contributed by atoms with Crippen LogP contribution in [0.5, 0.6) is 0 Å². The molecule has 0 bridgehead atoms. The second kappa shape index (κ2) is 6.10. The number of carbonyl (C=O) groups is 3. The Morgan fingerprint density at radius 3 is 2.82 bits per heavy atom. The average molecular weight is 319 g/mol. The molecule has 1 N–H and O–H groups in total. The molecule has 3 amide bonds. The van der Waals surface area contributed by atoms with Crippen LogP contribution < -0.4 is 5.32 Å². The van der Waals surface area contributed by atoms with Gasteiger partial charge in [0.1, 0.15) is 12.2 Å². The molecule has 114 valence electrons. The Kier molecular flexibility index (Phi) is 4.01. The van der Waals surface area contributed by atoms with Crippen molar-refractivity contribution < 1.29 is 18.9 Å². The highest BCUT2D eigenvalue weighted by molar-refractivity contribution is 7.13. The van der Waals surface area contributed by atoms with Gasteiger partial charge in [-0.2, -0.15) is 0 Å². The molecule has 3 heterocycles. The molecule has 0 unspecified atom stereocenters. The molecule has 1 aliphatic heterocycles. The van der Waals surface area contributed by atoms with Gasteiger partial charge >= 0.3 is 0 Å². The molecule has 0 saturated carbocycles. The smallest absolute Gasteiger partial charge is 0.240 e. The quantitative estimate of drug-likeness (QED) is 0.835. The Bertz CT molecular complexity index is 692. The van der Waals surface area contributed by atoms with Gasteiger partial charge in [-0.15, -0.1) is 11.3 Å². The van der Waals surface area contributed by atoms with Gasteiger partial charge in [0.15, 0.2) is 5.76 Å². The van der Waals surface area contributed by atoms with Crippen molar-refractivity contribution in [2.75, 3.05) is 6.54 Å². The van der Waals surface area contributed by atoms with Crippen molar-refractivity contribution in [2.45, 2.75) is 19.4 Å². The predicted octanol–water partition coefficient (Wildman–Crippen LogP) is 1.17. The zero-order chi connectivity index (χ0) is 15.5. The first-order valence-corrected chi connectivity index (χ1v) is 7.61. The van der Waals surface area contributed by atoms with Gasteiger partial charge in [-0.3, -0.25) is 19.3 Å². The van der Waals surface area contributed by atoms with Gasteiger partial charge in [-0.1, -0.05) is 11.2 Å². The third-order valence-electron chi connectivity index (χ3n) is 3.25. The lowest BCUT2D eigenvalue weighted by Crippen LogP contribution is -2.39. The van der Waals surface area contributed by atoms with Crippen LogP contribution in [0.1, 0.15) is 18.5 Å². The molecule has 3 rings (SSSR count). The number of nitrogens with zero attached hydrogens (tertiary/aromatic N) is 2. The third kappa shape index (κ3) is 3.06. The lowest BCUT2D eigenvalue weighted by Gasteiger charge is -2.12. The first kappa shape index (κ1) is 14.5. The highest BCUT2D eigenvalue weighted by Crippen LogP contribution is 2.24. The fourth-order valence-electron chi connectivity index (χ4n) is 2.12. The van der Waals surface area contributed by atoms with Crippen molar-refractivity contribution in [2.24, 2.45) is 0 Å². The first-order valence-electron chi connectivity index (χ1n) is 6.73. The maximum absolute atomic E-state index is 11.8. The molecule has 0 aromatic carbocycles. The van der Waals surface area contributed by atoms with Crippen molar-refractivity contribution in [1.29, 1.82) is 0 Å². The molecule has 0 aliphatic carbocycles. The van der Waals surface area contributed by atoms with Crippen molar-refractivity contribution in [3.8, 4) is 10.6 Å². The standard InChI is InChI=1S/C14H13N3O4S/c18-12(8-17-13(19)3-4-14(17)20)15-7-9-6-10(21-16-9)11-2-1-5-22-11/h1-2,5-6H,3-4,7-8H2,(H,15,18). The minimum Gasteiger partial charge on any atom is -0.355 e. The van der Waals surface area contributed by atoms with Gasteiger partial charge in [0.25, 0.3) is 0 Å². The highest BCUT2D eigenvalue weighted by Gasteiger charge is 2.30. The van der Waals surface area contributed by atoms with E-state index in [1.165, 1.54) is 11.3 Å². The number of nitrogens with one attached hydrogen (secondary N) is 1. The lowest BCUT2D eigenvalue weighted by molar-refractivity contribution is -0.142. The maximum Gasteiger partial charge on any atom is 0.240 e. The number of likely N-dealkylation sites (tertiary alicyclic amines) is 1.